The van der Waals surface area contributed by atoms with Gasteiger partial charge in [0.15, 0.2) is 5.78 Å². The Morgan fingerprint density at radius 2 is 1.83 bits per heavy atom. The zero-order chi connectivity index (χ0) is 25.7. The maximum atomic E-state index is 13.4. The molecule has 1 heterocycles. The summed E-state index contributed by atoms with van der Waals surface area (Å²) in [6.07, 6.45) is 1.80. The number of ether oxygens (including phenoxy) is 1. The third-order valence-corrected chi connectivity index (χ3v) is 6.88. The minimum Gasteiger partial charge on any atom is -0.469 e. The number of nitriles is 1. The molecule has 1 fully saturated rings. The van der Waals surface area contributed by atoms with Crippen molar-refractivity contribution in [2.75, 3.05) is 13.7 Å². The predicted octanol–water partition coefficient (Wildman–Crippen LogP) is 3.63. The van der Waals surface area contributed by atoms with Crippen molar-refractivity contribution in [2.45, 2.75) is 37.8 Å². The number of hydrogen-bond donors (Lipinski definition) is 1. The van der Waals surface area contributed by atoms with Gasteiger partial charge in [-0.2, -0.15) is 5.26 Å². The van der Waals surface area contributed by atoms with E-state index in [1.165, 1.54) is 12.7 Å². The van der Waals surface area contributed by atoms with Crippen LogP contribution in [0.25, 0.3) is 10.8 Å². The third kappa shape index (κ3) is 5.45. The highest BCUT2D eigenvalue weighted by Crippen LogP contribution is 2.31. The molecule has 1 aliphatic rings. The largest absolute Gasteiger partial charge is 0.469 e. The van der Waals surface area contributed by atoms with Crippen LogP contribution in [0.4, 0.5) is 0 Å². The number of carbonyl (C=O) groups excluding carboxylic acids is 3. The van der Waals surface area contributed by atoms with Crippen LogP contribution in [-0.2, 0) is 20.7 Å². The number of hydrogen-bond acceptors (Lipinski definition) is 6. The molecule has 4 rings (SSSR count). The Morgan fingerprint density at radius 1 is 1.11 bits per heavy atom. The van der Waals surface area contributed by atoms with Crippen molar-refractivity contribution in [2.24, 2.45) is 11.7 Å². The molecule has 36 heavy (non-hydrogen) atoms. The van der Waals surface area contributed by atoms with E-state index in [4.69, 9.17) is 15.7 Å². The number of amides is 1. The van der Waals surface area contributed by atoms with Crippen molar-refractivity contribution < 1.29 is 19.1 Å². The zero-order valence-electron chi connectivity index (χ0n) is 20.2. The van der Waals surface area contributed by atoms with Gasteiger partial charge in [-0.05, 0) is 53.8 Å². The Hall–Kier alpha value is -4.02. The molecule has 1 unspecified atom stereocenters. The molecule has 1 saturated heterocycles. The fourth-order valence-electron chi connectivity index (χ4n) is 4.92. The maximum absolute atomic E-state index is 13.4. The molecule has 3 aromatic carbocycles. The summed E-state index contributed by atoms with van der Waals surface area (Å²) < 4.78 is 4.78. The molecule has 7 nitrogen and oxygen atoms in total. The van der Waals surface area contributed by atoms with E-state index in [0.29, 0.717) is 24.1 Å². The van der Waals surface area contributed by atoms with Crippen molar-refractivity contribution in [1.29, 1.82) is 5.26 Å². The van der Waals surface area contributed by atoms with Gasteiger partial charge in [-0.1, -0.05) is 48.5 Å². The van der Waals surface area contributed by atoms with Crippen molar-refractivity contribution in [1.82, 2.24) is 4.90 Å². The van der Waals surface area contributed by atoms with Crippen LogP contribution in [0.15, 0.2) is 66.7 Å². The highest BCUT2D eigenvalue weighted by molar-refractivity contribution is 6.04. The monoisotopic (exact) mass is 483 g/mol. The Kier molecular flexibility index (Phi) is 7.77. The molecule has 0 aromatic heterocycles. The summed E-state index contributed by atoms with van der Waals surface area (Å²) in [7, 11) is 1.30. The van der Waals surface area contributed by atoms with Gasteiger partial charge >= 0.3 is 5.97 Å². The van der Waals surface area contributed by atoms with E-state index in [0.717, 1.165) is 23.6 Å². The van der Waals surface area contributed by atoms with Gasteiger partial charge < -0.3 is 15.4 Å². The number of nitrogens with zero attached hydrogens (tertiary/aromatic N) is 2. The van der Waals surface area contributed by atoms with E-state index < -0.39 is 24.0 Å². The quantitative estimate of drug-likeness (QED) is 0.367. The Morgan fingerprint density at radius 3 is 2.56 bits per heavy atom. The fraction of sp³-hybridized carbons (Fsp3) is 0.310. The molecule has 184 valence electrons. The lowest BCUT2D eigenvalue weighted by Crippen LogP contribution is -2.50. The molecule has 0 spiro atoms. The number of rotatable bonds is 9. The molecule has 3 atom stereocenters. The Labute approximate surface area is 210 Å². The van der Waals surface area contributed by atoms with Crippen LogP contribution in [0.5, 0.6) is 0 Å². The molecular weight excluding hydrogens is 454 g/mol. The van der Waals surface area contributed by atoms with E-state index in [1.807, 2.05) is 30.3 Å². The molecular formula is C29H29N3O4. The van der Waals surface area contributed by atoms with Crippen LogP contribution in [0, 0.1) is 17.2 Å². The van der Waals surface area contributed by atoms with Crippen LogP contribution in [0.1, 0.15) is 40.7 Å². The van der Waals surface area contributed by atoms with Crippen molar-refractivity contribution >= 4 is 28.4 Å². The van der Waals surface area contributed by atoms with Crippen LogP contribution in [0.2, 0.25) is 0 Å². The van der Waals surface area contributed by atoms with E-state index >= 15 is 0 Å². The maximum Gasteiger partial charge on any atom is 0.306 e. The first kappa shape index (κ1) is 25.1. The van der Waals surface area contributed by atoms with Gasteiger partial charge in [0.25, 0.3) is 0 Å². The lowest BCUT2D eigenvalue weighted by Gasteiger charge is -2.29. The molecule has 3 aromatic rings. The number of carbonyl (C=O) groups is 3. The number of aryl methyl sites for hydroxylation is 1. The number of Topliss-reactive ketones (excluding diaryl/α,β-unsaturated/α-hetero) is 1. The second kappa shape index (κ2) is 11.1. The van der Waals surface area contributed by atoms with Crippen molar-refractivity contribution in [3.63, 3.8) is 0 Å². The van der Waals surface area contributed by atoms with Gasteiger partial charge in [0, 0.05) is 12.1 Å². The zero-order valence-corrected chi connectivity index (χ0v) is 20.2. The summed E-state index contributed by atoms with van der Waals surface area (Å²) in [5, 5.41) is 10.8. The molecule has 0 aliphatic carbocycles. The van der Waals surface area contributed by atoms with E-state index in [9.17, 15) is 14.4 Å². The highest BCUT2D eigenvalue weighted by Gasteiger charge is 2.44. The average Bonchev–Trinajstić information content (AvgIpc) is 3.22. The van der Waals surface area contributed by atoms with Gasteiger partial charge in [0.05, 0.1) is 43.2 Å². The fourth-order valence-corrected chi connectivity index (χ4v) is 4.92. The van der Waals surface area contributed by atoms with Crippen molar-refractivity contribution in [3.05, 3.63) is 83.4 Å². The number of fused-ring (bicyclic) bond motifs is 1. The lowest BCUT2D eigenvalue weighted by molar-refractivity contribution is -0.144. The number of methoxy groups -OCH3 is 1. The van der Waals surface area contributed by atoms with Crippen molar-refractivity contribution in [3.8, 4) is 6.07 Å². The minimum absolute atomic E-state index is 0.0286. The summed E-state index contributed by atoms with van der Waals surface area (Å²) in [6, 6.07) is 21.2. The minimum atomic E-state index is -0.927. The molecule has 0 radical (unpaired) electrons. The first-order valence-electron chi connectivity index (χ1n) is 12.1. The Balaban J connectivity index is 1.53. The van der Waals surface area contributed by atoms with Crippen LogP contribution in [0.3, 0.4) is 0 Å². The molecule has 1 aliphatic heterocycles. The molecule has 0 bridgehead atoms. The van der Waals surface area contributed by atoms with E-state index in [2.05, 4.69) is 6.07 Å². The SMILES string of the molecule is COC(=O)C[C@@H]1C[C@@H](C(N)C(=O)c2ccc3cc(C#N)ccc3c2)N(CCCc2ccccc2)C1=O. The summed E-state index contributed by atoms with van der Waals surface area (Å²) in [5.41, 5.74) is 8.67. The average molecular weight is 484 g/mol. The second-order valence-corrected chi connectivity index (χ2v) is 9.18. The molecule has 2 N–H and O–H groups in total. The molecule has 1 amide bonds. The second-order valence-electron chi connectivity index (χ2n) is 9.18. The lowest BCUT2D eigenvalue weighted by atomic mass is 9.92. The summed E-state index contributed by atoms with van der Waals surface area (Å²) in [6.45, 7) is 0.450. The predicted molar refractivity (Wildman–Crippen MR) is 136 cm³/mol. The Bertz CT molecular complexity index is 1320. The molecule has 7 heteroatoms. The first-order chi connectivity index (χ1) is 17.4. The van der Waals surface area contributed by atoms with Crippen LogP contribution < -0.4 is 5.73 Å². The molecule has 0 saturated carbocycles. The third-order valence-electron chi connectivity index (χ3n) is 6.88. The number of ketones is 1. The van der Waals surface area contributed by atoms with E-state index in [1.54, 1.807) is 41.3 Å². The van der Waals surface area contributed by atoms with Gasteiger partial charge in [-0.15, -0.1) is 0 Å². The summed E-state index contributed by atoms with van der Waals surface area (Å²) in [5.74, 6) is -1.43. The normalized spacial score (nSPS) is 18.1. The van der Waals surface area contributed by atoms with E-state index in [-0.39, 0.29) is 18.1 Å². The van der Waals surface area contributed by atoms with Gasteiger partial charge in [0.2, 0.25) is 5.91 Å². The number of nitrogens with two attached hydrogens (primary N) is 1. The smallest absolute Gasteiger partial charge is 0.306 e. The number of benzene rings is 3. The standard InChI is InChI=1S/C29H29N3O4/c1-36-26(33)17-24-16-25(32(29(24)35)13-5-8-19-6-3-2-4-7-19)27(31)28(34)23-12-11-21-14-20(18-30)9-10-22(21)15-23/h2-4,6-7,9-12,14-15,24-25,27H,5,8,13,16-17,31H2,1H3/t24-,25-,27?/m0/s1. The number of esters is 1. The summed E-state index contributed by atoms with van der Waals surface area (Å²) >= 11 is 0. The van der Waals surface area contributed by atoms with Gasteiger partial charge in [-0.25, -0.2) is 0 Å². The highest BCUT2D eigenvalue weighted by atomic mass is 16.5. The first-order valence-corrected chi connectivity index (χ1v) is 12.1. The number of likely N-dealkylation sites (tertiary alicyclic amines) is 1. The van der Waals surface area contributed by atoms with Gasteiger partial charge in [0.1, 0.15) is 0 Å². The van der Waals surface area contributed by atoms with Crippen LogP contribution in [-0.4, -0.2) is 48.3 Å². The van der Waals surface area contributed by atoms with Gasteiger partial charge in [-0.3, -0.25) is 14.4 Å². The van der Waals surface area contributed by atoms with Crippen LogP contribution >= 0.6 is 0 Å². The topological polar surface area (TPSA) is 113 Å². The summed E-state index contributed by atoms with van der Waals surface area (Å²) in [4.78, 5) is 40.2.